The molecule has 4 fully saturated rings. The smallest absolute Gasteiger partial charge is 0.255 e. The first-order chi connectivity index (χ1) is 9.43. The lowest BCUT2D eigenvalue weighted by atomic mass is 9.66. The molecular weight excluding hydrogens is 252 g/mol. The lowest BCUT2D eigenvalue weighted by Gasteiger charge is -2.44. The maximum atomic E-state index is 13.2. The highest BCUT2D eigenvalue weighted by Crippen LogP contribution is 2.75. The molecule has 1 amide bonds. The molecule has 2 aliphatic heterocycles. The molecule has 4 aliphatic rings. The topological polar surface area (TPSA) is 32.8 Å². The molecule has 2 aliphatic carbocycles. The molecule has 4 nitrogen and oxygen atoms in total. The van der Waals surface area contributed by atoms with Gasteiger partial charge in [-0.05, 0) is 32.2 Å². The Morgan fingerprint density at radius 2 is 1.90 bits per heavy atom. The summed E-state index contributed by atoms with van der Waals surface area (Å²) in [5, 5.41) is 0. The van der Waals surface area contributed by atoms with Gasteiger partial charge in [-0.1, -0.05) is 13.8 Å². The molecule has 0 radical (unpaired) electrons. The largest absolute Gasteiger partial charge is 0.364 e. The Kier molecular flexibility index (Phi) is 2.47. The van der Waals surface area contributed by atoms with Gasteiger partial charge in [0.15, 0.2) is 5.60 Å². The van der Waals surface area contributed by atoms with Crippen molar-refractivity contribution in [3.8, 4) is 0 Å². The van der Waals surface area contributed by atoms with Crippen molar-refractivity contribution in [1.29, 1.82) is 0 Å². The van der Waals surface area contributed by atoms with E-state index in [1.807, 2.05) is 0 Å². The van der Waals surface area contributed by atoms with Crippen LogP contribution in [0.2, 0.25) is 0 Å². The molecule has 4 heteroatoms. The van der Waals surface area contributed by atoms with Crippen molar-refractivity contribution in [2.45, 2.75) is 38.7 Å². The van der Waals surface area contributed by atoms with Crippen molar-refractivity contribution in [1.82, 2.24) is 9.80 Å². The van der Waals surface area contributed by atoms with E-state index in [-0.39, 0.29) is 10.8 Å². The third-order valence-electron chi connectivity index (χ3n) is 7.33. The van der Waals surface area contributed by atoms with Crippen LogP contribution in [-0.4, -0.2) is 61.1 Å². The summed E-state index contributed by atoms with van der Waals surface area (Å²) in [5.41, 5.74) is -0.207. The predicted octanol–water partition coefficient (Wildman–Crippen LogP) is 1.36. The summed E-state index contributed by atoms with van der Waals surface area (Å²) in [6.07, 6.45) is 3.41. The van der Waals surface area contributed by atoms with Crippen LogP contribution < -0.4 is 0 Å². The standard InChI is InChI=1S/C16H26N2O2/c1-14-11-20-16(10-12(14)4-5-15(14,16)2)13(19)18-8-6-17(3)7-9-18/h12H,4-11H2,1-3H3/t12-,14-,15+,16-/m0/s1. The van der Waals surface area contributed by atoms with Gasteiger partial charge in [0.25, 0.3) is 5.91 Å². The maximum Gasteiger partial charge on any atom is 0.255 e. The molecule has 0 unspecified atom stereocenters. The van der Waals surface area contributed by atoms with E-state index in [1.165, 1.54) is 6.42 Å². The van der Waals surface area contributed by atoms with Crippen molar-refractivity contribution in [2.24, 2.45) is 16.7 Å². The highest BCUT2D eigenvalue weighted by atomic mass is 16.5. The quantitative estimate of drug-likeness (QED) is 0.726. The van der Waals surface area contributed by atoms with E-state index in [0.29, 0.717) is 11.8 Å². The SMILES string of the molecule is CN1CCN(C(=O)[C@@]23C[C@@H]4CC[C@]2(C)[C@@]4(C)CO3)CC1. The second-order valence-electron chi connectivity index (χ2n) is 7.90. The zero-order valence-corrected chi connectivity index (χ0v) is 12.9. The fourth-order valence-electron chi connectivity index (χ4n) is 5.50. The van der Waals surface area contributed by atoms with Crippen molar-refractivity contribution >= 4 is 5.91 Å². The number of ether oxygens (including phenoxy) is 1. The van der Waals surface area contributed by atoms with Gasteiger partial charge in [0, 0.05) is 37.0 Å². The summed E-state index contributed by atoms with van der Waals surface area (Å²) in [6, 6.07) is 0. The second-order valence-corrected chi connectivity index (χ2v) is 7.90. The number of likely N-dealkylation sites (N-methyl/N-ethyl adjacent to an activating group) is 1. The van der Waals surface area contributed by atoms with Crippen LogP contribution in [0, 0.1) is 16.7 Å². The van der Waals surface area contributed by atoms with E-state index in [2.05, 4.69) is 30.7 Å². The Labute approximate surface area is 121 Å². The number of carbonyl (C=O) groups is 1. The van der Waals surface area contributed by atoms with E-state index < -0.39 is 5.60 Å². The number of rotatable bonds is 1. The van der Waals surface area contributed by atoms with E-state index in [9.17, 15) is 4.79 Å². The van der Waals surface area contributed by atoms with Gasteiger partial charge in [0.2, 0.25) is 0 Å². The highest BCUT2D eigenvalue weighted by Gasteiger charge is 2.78. The summed E-state index contributed by atoms with van der Waals surface area (Å²) in [4.78, 5) is 17.6. The predicted molar refractivity (Wildman–Crippen MR) is 76.3 cm³/mol. The number of amides is 1. The molecule has 0 aromatic carbocycles. The molecule has 0 aromatic rings. The normalized spacial score (nSPS) is 51.0. The Morgan fingerprint density at radius 3 is 2.50 bits per heavy atom. The molecule has 0 N–H and O–H groups in total. The van der Waals surface area contributed by atoms with Crippen LogP contribution in [0.1, 0.15) is 33.1 Å². The molecular formula is C16H26N2O2. The Morgan fingerprint density at radius 1 is 1.20 bits per heavy atom. The van der Waals surface area contributed by atoms with Gasteiger partial charge in [-0.25, -0.2) is 0 Å². The molecule has 20 heavy (non-hydrogen) atoms. The molecule has 112 valence electrons. The van der Waals surface area contributed by atoms with E-state index in [1.54, 1.807) is 0 Å². The van der Waals surface area contributed by atoms with Crippen molar-refractivity contribution in [3.63, 3.8) is 0 Å². The summed E-state index contributed by atoms with van der Waals surface area (Å²) >= 11 is 0. The molecule has 2 saturated carbocycles. The summed E-state index contributed by atoms with van der Waals surface area (Å²) in [5.74, 6) is 0.983. The van der Waals surface area contributed by atoms with Crippen molar-refractivity contribution in [3.05, 3.63) is 0 Å². The number of hydrogen-bond donors (Lipinski definition) is 0. The minimum atomic E-state index is -0.499. The van der Waals surface area contributed by atoms with Gasteiger partial charge in [0.05, 0.1) is 6.61 Å². The molecule has 4 atom stereocenters. The number of carbonyl (C=O) groups excluding carboxylic acids is 1. The van der Waals surface area contributed by atoms with Gasteiger partial charge < -0.3 is 14.5 Å². The molecule has 2 heterocycles. The summed E-state index contributed by atoms with van der Waals surface area (Å²) in [6.45, 7) is 9.15. The minimum absolute atomic E-state index is 0.0606. The third-order valence-corrected chi connectivity index (χ3v) is 7.33. The molecule has 4 rings (SSSR count). The van der Waals surface area contributed by atoms with E-state index >= 15 is 0 Å². The van der Waals surface area contributed by atoms with Gasteiger partial charge in [-0.2, -0.15) is 0 Å². The Bertz CT molecular complexity index is 459. The molecule has 0 aromatic heterocycles. The van der Waals surface area contributed by atoms with Gasteiger partial charge in [-0.3, -0.25) is 4.79 Å². The fourth-order valence-corrected chi connectivity index (χ4v) is 5.50. The highest BCUT2D eigenvalue weighted by molar-refractivity contribution is 5.88. The first-order valence-electron chi connectivity index (χ1n) is 8.05. The lowest BCUT2D eigenvalue weighted by molar-refractivity contribution is -0.168. The van der Waals surface area contributed by atoms with Crippen LogP contribution in [0.4, 0.5) is 0 Å². The fraction of sp³-hybridized carbons (Fsp3) is 0.938. The number of nitrogens with zero attached hydrogens (tertiary/aromatic N) is 2. The Balaban J connectivity index is 1.64. The summed E-state index contributed by atoms with van der Waals surface area (Å²) in [7, 11) is 2.13. The van der Waals surface area contributed by atoms with Crippen LogP contribution in [0.5, 0.6) is 0 Å². The van der Waals surface area contributed by atoms with E-state index in [4.69, 9.17) is 4.74 Å². The number of piperazine rings is 1. The second kappa shape index (κ2) is 3.77. The monoisotopic (exact) mass is 278 g/mol. The number of hydrogen-bond acceptors (Lipinski definition) is 3. The lowest BCUT2D eigenvalue weighted by Crippen LogP contribution is -2.59. The first-order valence-corrected chi connectivity index (χ1v) is 8.05. The van der Waals surface area contributed by atoms with Gasteiger partial charge >= 0.3 is 0 Å². The van der Waals surface area contributed by atoms with Crippen LogP contribution in [0.15, 0.2) is 0 Å². The van der Waals surface area contributed by atoms with Crippen LogP contribution >= 0.6 is 0 Å². The maximum absolute atomic E-state index is 13.2. The zero-order valence-electron chi connectivity index (χ0n) is 12.9. The summed E-state index contributed by atoms with van der Waals surface area (Å²) < 4.78 is 6.22. The minimum Gasteiger partial charge on any atom is -0.364 e. The van der Waals surface area contributed by atoms with E-state index in [0.717, 1.165) is 45.6 Å². The van der Waals surface area contributed by atoms with Crippen LogP contribution in [-0.2, 0) is 9.53 Å². The van der Waals surface area contributed by atoms with Crippen LogP contribution in [0.25, 0.3) is 0 Å². The first kappa shape index (κ1) is 13.1. The Hall–Kier alpha value is -0.610. The van der Waals surface area contributed by atoms with Crippen LogP contribution in [0.3, 0.4) is 0 Å². The molecule has 2 saturated heterocycles. The van der Waals surface area contributed by atoms with Gasteiger partial charge in [-0.15, -0.1) is 0 Å². The average Bonchev–Trinajstić information content (AvgIpc) is 2.91. The third kappa shape index (κ3) is 1.24. The molecule has 4 bridgehead atoms. The average molecular weight is 278 g/mol. The van der Waals surface area contributed by atoms with Gasteiger partial charge in [0.1, 0.15) is 0 Å². The zero-order chi connectivity index (χ0) is 14.2. The molecule has 0 spiro atoms. The van der Waals surface area contributed by atoms with Crippen molar-refractivity contribution < 1.29 is 9.53 Å². The van der Waals surface area contributed by atoms with Crippen molar-refractivity contribution in [2.75, 3.05) is 39.8 Å².